The van der Waals surface area contributed by atoms with E-state index in [2.05, 4.69) is 20.7 Å². The van der Waals surface area contributed by atoms with Crippen LogP contribution in [0.3, 0.4) is 0 Å². The number of rotatable bonds is 4. The lowest BCUT2D eigenvalue weighted by molar-refractivity contribution is -0.141. The Labute approximate surface area is 185 Å². The fraction of sp³-hybridized carbons (Fsp3) is 0.300. The molecule has 1 spiro atoms. The highest BCUT2D eigenvalue weighted by Gasteiger charge is 2.63. The number of nitrogens with zero attached hydrogens (tertiary/aromatic N) is 1. The molecule has 0 radical (unpaired) electrons. The third-order valence-electron chi connectivity index (χ3n) is 5.17. The number of halogens is 1. The Bertz CT molecular complexity index is 1080. The Hall–Kier alpha value is -3.34. The second-order valence-corrected chi connectivity index (χ2v) is 7.57. The molecule has 31 heavy (non-hydrogen) atoms. The largest absolute Gasteiger partial charge is 0.469 e. The fourth-order valence-corrected chi connectivity index (χ4v) is 4.23. The standard InChI is InChI=1S/C20H19BrN2O8/c1-23-11-6-5-9(21)7-10(11)20(19(23)27)14(17(25)29-3)12(8-13(24)28-2)31-16(22)15(20)18(26)30-4/h5-7H,8,22H2,1-4H3. The molecule has 0 bridgehead atoms. The first kappa shape index (κ1) is 22.3. The summed E-state index contributed by atoms with van der Waals surface area (Å²) in [6.45, 7) is 0. The summed E-state index contributed by atoms with van der Waals surface area (Å²) in [5, 5.41) is 0. The number of ether oxygens (including phenoxy) is 4. The van der Waals surface area contributed by atoms with Crippen molar-refractivity contribution < 1.29 is 38.1 Å². The maximum absolute atomic E-state index is 13.8. The van der Waals surface area contributed by atoms with Gasteiger partial charge in [-0.3, -0.25) is 9.59 Å². The Morgan fingerprint density at radius 1 is 1.10 bits per heavy atom. The molecule has 0 aliphatic carbocycles. The van der Waals surface area contributed by atoms with Gasteiger partial charge in [0.05, 0.1) is 21.3 Å². The first-order valence-electron chi connectivity index (χ1n) is 8.88. The van der Waals surface area contributed by atoms with Gasteiger partial charge in [-0.1, -0.05) is 15.9 Å². The maximum Gasteiger partial charge on any atom is 0.340 e. The zero-order valence-corrected chi connectivity index (χ0v) is 18.7. The molecule has 2 aliphatic rings. The van der Waals surface area contributed by atoms with E-state index in [0.29, 0.717) is 10.2 Å². The van der Waals surface area contributed by atoms with Crippen LogP contribution in [-0.4, -0.2) is 52.2 Å². The van der Waals surface area contributed by atoms with Crippen LogP contribution in [0.2, 0.25) is 0 Å². The minimum atomic E-state index is -2.06. The number of carbonyl (C=O) groups excluding carboxylic acids is 4. The summed E-state index contributed by atoms with van der Waals surface area (Å²) < 4.78 is 20.5. The topological polar surface area (TPSA) is 134 Å². The van der Waals surface area contributed by atoms with E-state index in [1.54, 1.807) is 18.2 Å². The van der Waals surface area contributed by atoms with Crippen molar-refractivity contribution in [3.63, 3.8) is 0 Å². The fourth-order valence-electron chi connectivity index (χ4n) is 3.87. The van der Waals surface area contributed by atoms with Gasteiger partial charge in [0.2, 0.25) is 11.8 Å². The Kier molecular flexibility index (Phi) is 5.81. The number of carbonyl (C=O) groups is 4. The lowest BCUT2D eigenvalue weighted by Gasteiger charge is -2.36. The van der Waals surface area contributed by atoms with Gasteiger partial charge < -0.3 is 29.6 Å². The van der Waals surface area contributed by atoms with Crippen LogP contribution in [-0.2, 0) is 43.5 Å². The van der Waals surface area contributed by atoms with Gasteiger partial charge in [0, 0.05) is 22.8 Å². The number of benzene rings is 1. The van der Waals surface area contributed by atoms with Gasteiger partial charge in [0.1, 0.15) is 28.7 Å². The van der Waals surface area contributed by atoms with Crippen LogP contribution in [0.15, 0.2) is 45.5 Å². The van der Waals surface area contributed by atoms with E-state index >= 15 is 0 Å². The van der Waals surface area contributed by atoms with E-state index in [-0.39, 0.29) is 16.9 Å². The number of likely N-dealkylation sites (N-methyl/N-ethyl adjacent to an activating group) is 1. The summed E-state index contributed by atoms with van der Waals surface area (Å²) >= 11 is 3.35. The van der Waals surface area contributed by atoms with E-state index in [1.807, 2.05) is 0 Å². The molecule has 1 aromatic rings. The zero-order chi connectivity index (χ0) is 23.1. The summed E-state index contributed by atoms with van der Waals surface area (Å²) in [6, 6.07) is 4.92. The van der Waals surface area contributed by atoms with Crippen molar-refractivity contribution in [2.24, 2.45) is 5.73 Å². The molecule has 164 valence electrons. The minimum Gasteiger partial charge on any atom is -0.469 e. The molecule has 11 heteroatoms. The number of fused-ring (bicyclic) bond motifs is 2. The second-order valence-electron chi connectivity index (χ2n) is 6.65. The number of amides is 1. The molecule has 2 aliphatic heterocycles. The summed E-state index contributed by atoms with van der Waals surface area (Å²) in [5.41, 5.74) is 3.94. The van der Waals surface area contributed by atoms with Gasteiger partial charge in [-0.05, 0) is 18.2 Å². The highest BCUT2D eigenvalue weighted by atomic mass is 79.9. The van der Waals surface area contributed by atoms with Crippen molar-refractivity contribution in [3.05, 3.63) is 51.0 Å². The maximum atomic E-state index is 13.8. The van der Waals surface area contributed by atoms with Gasteiger partial charge in [-0.2, -0.15) is 0 Å². The molecule has 1 aromatic carbocycles. The van der Waals surface area contributed by atoms with E-state index in [0.717, 1.165) is 21.3 Å². The summed E-state index contributed by atoms with van der Waals surface area (Å²) in [6.07, 6.45) is -0.530. The molecule has 0 fully saturated rings. The molecule has 2 heterocycles. The predicted molar refractivity (Wildman–Crippen MR) is 109 cm³/mol. The van der Waals surface area contributed by atoms with Gasteiger partial charge in [0.25, 0.3) is 0 Å². The molecule has 0 saturated carbocycles. The quantitative estimate of drug-likeness (QED) is 0.480. The monoisotopic (exact) mass is 494 g/mol. The second kappa shape index (κ2) is 8.06. The molecule has 2 N–H and O–H groups in total. The van der Waals surface area contributed by atoms with Crippen LogP contribution in [0.4, 0.5) is 5.69 Å². The first-order chi connectivity index (χ1) is 14.6. The minimum absolute atomic E-state index is 0.265. The van der Waals surface area contributed by atoms with Crippen molar-refractivity contribution in [1.82, 2.24) is 0 Å². The Balaban J connectivity index is 2.50. The van der Waals surface area contributed by atoms with Crippen molar-refractivity contribution in [3.8, 4) is 0 Å². The van der Waals surface area contributed by atoms with Crippen molar-refractivity contribution in [2.45, 2.75) is 11.8 Å². The van der Waals surface area contributed by atoms with Gasteiger partial charge in [0.15, 0.2) is 0 Å². The van der Waals surface area contributed by atoms with Crippen molar-refractivity contribution in [1.29, 1.82) is 0 Å². The molecule has 3 rings (SSSR count). The molecular weight excluding hydrogens is 476 g/mol. The third-order valence-corrected chi connectivity index (χ3v) is 5.66. The average Bonchev–Trinajstić information content (AvgIpc) is 2.95. The molecular formula is C20H19BrN2O8. The Morgan fingerprint density at radius 2 is 1.71 bits per heavy atom. The highest BCUT2D eigenvalue weighted by molar-refractivity contribution is 9.10. The number of nitrogens with two attached hydrogens (primary N) is 1. The van der Waals surface area contributed by atoms with Crippen LogP contribution >= 0.6 is 15.9 Å². The predicted octanol–water partition coefficient (Wildman–Crippen LogP) is 1.03. The summed E-state index contributed by atoms with van der Waals surface area (Å²) in [7, 11) is 4.84. The van der Waals surface area contributed by atoms with Crippen LogP contribution in [0.25, 0.3) is 0 Å². The molecule has 0 aromatic heterocycles. The smallest absolute Gasteiger partial charge is 0.340 e. The zero-order valence-electron chi connectivity index (χ0n) is 17.1. The number of esters is 3. The normalized spacial score (nSPS) is 19.9. The van der Waals surface area contributed by atoms with Gasteiger partial charge >= 0.3 is 17.9 Å². The van der Waals surface area contributed by atoms with Crippen LogP contribution in [0, 0.1) is 0 Å². The SMILES string of the molecule is COC(=O)CC1=C(C(=O)OC)C2(C(=O)N(C)c3ccc(Br)cc32)C(C(=O)OC)=C(N)O1. The first-order valence-corrected chi connectivity index (χ1v) is 9.67. The average molecular weight is 495 g/mol. The van der Waals surface area contributed by atoms with Crippen LogP contribution in [0.1, 0.15) is 12.0 Å². The van der Waals surface area contributed by atoms with E-state index in [1.165, 1.54) is 11.9 Å². The van der Waals surface area contributed by atoms with Gasteiger partial charge in [-0.15, -0.1) is 0 Å². The Morgan fingerprint density at radius 3 is 2.29 bits per heavy atom. The van der Waals surface area contributed by atoms with E-state index in [4.69, 9.17) is 19.9 Å². The number of hydrogen-bond donors (Lipinski definition) is 1. The number of hydrogen-bond acceptors (Lipinski definition) is 9. The lowest BCUT2D eigenvalue weighted by atomic mass is 9.67. The molecule has 0 saturated heterocycles. The van der Waals surface area contributed by atoms with Gasteiger partial charge in [-0.25, -0.2) is 9.59 Å². The lowest BCUT2D eigenvalue weighted by Crippen LogP contribution is -2.50. The van der Waals surface area contributed by atoms with E-state index < -0.39 is 47.1 Å². The number of anilines is 1. The van der Waals surface area contributed by atoms with Crippen molar-refractivity contribution >= 4 is 45.4 Å². The van der Waals surface area contributed by atoms with E-state index in [9.17, 15) is 19.2 Å². The van der Waals surface area contributed by atoms with Crippen LogP contribution in [0.5, 0.6) is 0 Å². The van der Waals surface area contributed by atoms with Crippen LogP contribution < -0.4 is 10.6 Å². The van der Waals surface area contributed by atoms with Crippen molar-refractivity contribution in [2.75, 3.05) is 33.3 Å². The molecule has 1 unspecified atom stereocenters. The highest BCUT2D eigenvalue weighted by Crippen LogP contribution is 2.55. The number of methoxy groups -OCH3 is 3. The third kappa shape index (κ3) is 3.16. The molecule has 1 amide bonds. The summed E-state index contributed by atoms with van der Waals surface area (Å²) in [4.78, 5) is 52.9. The molecule has 1 atom stereocenters. The summed E-state index contributed by atoms with van der Waals surface area (Å²) in [5.74, 6) is -4.14. The molecule has 10 nitrogen and oxygen atoms in total.